The van der Waals surface area contributed by atoms with Crippen molar-refractivity contribution in [3.8, 4) is 6.07 Å². The number of carbonyl (C=O) groups excluding carboxylic acids is 1. The van der Waals surface area contributed by atoms with E-state index in [0.717, 1.165) is 0 Å². The molecular formula is C13H10FN5O. The zero-order valence-electron chi connectivity index (χ0n) is 10.3. The minimum absolute atomic E-state index is 0.0557. The summed E-state index contributed by atoms with van der Waals surface area (Å²) in [6.07, 6.45) is 0. The Morgan fingerprint density at radius 1 is 1.35 bits per heavy atom. The van der Waals surface area contributed by atoms with Crippen molar-refractivity contribution in [2.45, 2.75) is 6.54 Å². The van der Waals surface area contributed by atoms with Gasteiger partial charge in [0.25, 0.3) is 5.91 Å². The highest BCUT2D eigenvalue weighted by atomic mass is 19.1. The van der Waals surface area contributed by atoms with Crippen molar-refractivity contribution < 1.29 is 9.18 Å². The van der Waals surface area contributed by atoms with Crippen LogP contribution in [0.25, 0.3) is 0 Å². The average Bonchev–Trinajstić information content (AvgIpc) is 2.46. The van der Waals surface area contributed by atoms with Gasteiger partial charge in [0.1, 0.15) is 11.6 Å². The van der Waals surface area contributed by atoms with Gasteiger partial charge in [-0.25, -0.2) is 4.39 Å². The molecule has 0 spiro atoms. The fraction of sp³-hybridized carbons (Fsp3) is 0.0769. The summed E-state index contributed by atoms with van der Waals surface area (Å²) in [5.41, 5.74) is 5.75. The highest BCUT2D eigenvalue weighted by molar-refractivity contribution is 5.90. The van der Waals surface area contributed by atoms with Gasteiger partial charge in [-0.1, -0.05) is 6.07 Å². The van der Waals surface area contributed by atoms with Gasteiger partial charge in [-0.3, -0.25) is 4.79 Å². The number of primary amides is 1. The Hall–Kier alpha value is -3.01. The highest BCUT2D eigenvalue weighted by Crippen LogP contribution is 2.12. The van der Waals surface area contributed by atoms with Crippen LogP contribution < -0.4 is 11.1 Å². The van der Waals surface area contributed by atoms with Crippen molar-refractivity contribution in [3.63, 3.8) is 0 Å². The number of nitrogens with one attached hydrogen (secondary N) is 1. The number of aromatic nitrogens is 2. The smallest absolute Gasteiger partial charge is 0.269 e. The zero-order chi connectivity index (χ0) is 14.5. The summed E-state index contributed by atoms with van der Waals surface area (Å²) in [7, 11) is 0. The molecule has 0 aliphatic heterocycles. The van der Waals surface area contributed by atoms with Crippen LogP contribution in [0.1, 0.15) is 21.6 Å². The number of hydrogen-bond acceptors (Lipinski definition) is 5. The van der Waals surface area contributed by atoms with E-state index < -0.39 is 11.7 Å². The van der Waals surface area contributed by atoms with E-state index in [2.05, 4.69) is 15.5 Å². The van der Waals surface area contributed by atoms with Crippen LogP contribution in [0.5, 0.6) is 0 Å². The van der Waals surface area contributed by atoms with Crippen molar-refractivity contribution in [2.75, 3.05) is 5.32 Å². The average molecular weight is 271 g/mol. The lowest BCUT2D eigenvalue weighted by atomic mass is 10.1. The third kappa shape index (κ3) is 3.05. The Bertz CT molecular complexity index is 678. The number of carbonyl (C=O) groups is 1. The number of nitrogens with two attached hydrogens (primary N) is 1. The third-order valence-electron chi connectivity index (χ3n) is 2.56. The van der Waals surface area contributed by atoms with Gasteiger partial charge in [-0.2, -0.15) is 5.26 Å². The molecular weight excluding hydrogens is 261 g/mol. The molecule has 0 saturated carbocycles. The molecule has 1 aromatic heterocycles. The lowest BCUT2D eigenvalue weighted by molar-refractivity contribution is 0.0994. The van der Waals surface area contributed by atoms with E-state index in [1.165, 1.54) is 30.3 Å². The number of nitrogens with zero attached hydrogens (tertiary/aromatic N) is 3. The molecule has 1 amide bonds. The maximum atomic E-state index is 13.6. The minimum atomic E-state index is -0.665. The quantitative estimate of drug-likeness (QED) is 0.869. The molecule has 3 N–H and O–H groups in total. The topological polar surface area (TPSA) is 105 Å². The van der Waals surface area contributed by atoms with Crippen LogP contribution in [0.4, 0.5) is 10.2 Å². The number of benzene rings is 1. The molecule has 0 atom stereocenters. The Morgan fingerprint density at radius 3 is 2.70 bits per heavy atom. The molecule has 0 aliphatic carbocycles. The molecule has 0 aliphatic rings. The van der Waals surface area contributed by atoms with E-state index >= 15 is 0 Å². The van der Waals surface area contributed by atoms with Crippen molar-refractivity contribution in [1.29, 1.82) is 5.26 Å². The molecule has 1 heterocycles. The summed E-state index contributed by atoms with van der Waals surface area (Å²) >= 11 is 0. The van der Waals surface area contributed by atoms with Gasteiger partial charge >= 0.3 is 0 Å². The predicted molar refractivity (Wildman–Crippen MR) is 69.0 cm³/mol. The molecule has 0 bridgehead atoms. The molecule has 20 heavy (non-hydrogen) atoms. The number of nitriles is 1. The maximum absolute atomic E-state index is 13.6. The van der Waals surface area contributed by atoms with Gasteiger partial charge < -0.3 is 11.1 Å². The normalized spacial score (nSPS) is 9.80. The maximum Gasteiger partial charge on any atom is 0.269 e. The second kappa shape index (κ2) is 5.75. The zero-order valence-corrected chi connectivity index (χ0v) is 10.3. The minimum Gasteiger partial charge on any atom is -0.364 e. The molecule has 0 saturated heterocycles. The van der Waals surface area contributed by atoms with Crippen LogP contribution in [0, 0.1) is 17.1 Å². The largest absolute Gasteiger partial charge is 0.364 e. The second-order valence-electron chi connectivity index (χ2n) is 3.94. The van der Waals surface area contributed by atoms with Crippen molar-refractivity contribution in [2.24, 2.45) is 5.73 Å². The number of hydrogen-bond donors (Lipinski definition) is 2. The Morgan fingerprint density at radius 2 is 2.15 bits per heavy atom. The summed E-state index contributed by atoms with van der Waals surface area (Å²) < 4.78 is 13.6. The van der Waals surface area contributed by atoms with Crippen LogP contribution >= 0.6 is 0 Å². The lowest BCUT2D eigenvalue weighted by Crippen LogP contribution is -2.14. The Labute approximate surface area is 114 Å². The fourth-order valence-electron chi connectivity index (χ4n) is 1.50. The summed E-state index contributed by atoms with van der Waals surface area (Å²) in [6, 6.07) is 9.02. The summed E-state index contributed by atoms with van der Waals surface area (Å²) in [4.78, 5) is 10.8. The van der Waals surface area contributed by atoms with Gasteiger partial charge in [0.2, 0.25) is 0 Å². The molecule has 0 radical (unpaired) electrons. The Balaban J connectivity index is 2.05. The fourth-order valence-corrected chi connectivity index (χ4v) is 1.50. The predicted octanol–water partition coefficient (Wildman–Crippen LogP) is 1.20. The summed E-state index contributed by atoms with van der Waals surface area (Å²) in [5.74, 6) is -0.751. The number of anilines is 1. The Kier molecular flexibility index (Phi) is 3.86. The van der Waals surface area contributed by atoms with Gasteiger partial charge in [0, 0.05) is 12.1 Å². The number of halogens is 1. The molecule has 1 aromatic carbocycles. The molecule has 100 valence electrons. The SMILES string of the molecule is N#Cc1ccc(CNc2ccc(C(N)=O)nn2)c(F)c1. The van der Waals surface area contributed by atoms with Gasteiger partial charge in [-0.05, 0) is 24.3 Å². The first-order valence-electron chi connectivity index (χ1n) is 5.66. The highest BCUT2D eigenvalue weighted by Gasteiger charge is 2.05. The van der Waals surface area contributed by atoms with E-state index in [0.29, 0.717) is 11.4 Å². The van der Waals surface area contributed by atoms with Crippen LogP contribution in [-0.4, -0.2) is 16.1 Å². The summed E-state index contributed by atoms with van der Waals surface area (Å²) in [5, 5.41) is 18.9. The van der Waals surface area contributed by atoms with Crippen LogP contribution in [0.3, 0.4) is 0 Å². The molecule has 0 fully saturated rings. The van der Waals surface area contributed by atoms with Crippen LogP contribution in [-0.2, 0) is 6.54 Å². The second-order valence-corrected chi connectivity index (χ2v) is 3.94. The van der Waals surface area contributed by atoms with Gasteiger partial charge in [0.15, 0.2) is 5.69 Å². The van der Waals surface area contributed by atoms with Gasteiger partial charge in [0.05, 0.1) is 11.6 Å². The van der Waals surface area contributed by atoms with E-state index in [4.69, 9.17) is 11.0 Å². The van der Waals surface area contributed by atoms with E-state index in [1.807, 2.05) is 6.07 Å². The van der Waals surface area contributed by atoms with Crippen molar-refractivity contribution in [3.05, 3.63) is 53.0 Å². The van der Waals surface area contributed by atoms with E-state index in [-0.39, 0.29) is 17.8 Å². The monoisotopic (exact) mass is 271 g/mol. The molecule has 2 aromatic rings. The molecule has 2 rings (SSSR count). The number of amides is 1. The summed E-state index contributed by atoms with van der Waals surface area (Å²) in [6.45, 7) is 0.183. The van der Waals surface area contributed by atoms with Crippen LogP contribution in [0.15, 0.2) is 30.3 Å². The first-order chi connectivity index (χ1) is 9.60. The lowest BCUT2D eigenvalue weighted by Gasteiger charge is -2.06. The van der Waals surface area contributed by atoms with Crippen molar-refractivity contribution in [1.82, 2.24) is 10.2 Å². The van der Waals surface area contributed by atoms with Crippen molar-refractivity contribution >= 4 is 11.7 Å². The standard InChI is InChI=1S/C13H10FN5O/c14-10-5-8(6-15)1-2-9(10)7-17-12-4-3-11(13(16)20)18-19-12/h1-5H,7H2,(H2,16,20)(H,17,19). The third-order valence-corrected chi connectivity index (χ3v) is 2.56. The van der Waals surface area contributed by atoms with Gasteiger partial charge in [-0.15, -0.1) is 10.2 Å². The number of rotatable bonds is 4. The molecule has 0 unspecified atom stereocenters. The first kappa shape index (κ1) is 13.4. The molecule has 7 heteroatoms. The van der Waals surface area contributed by atoms with E-state index in [1.54, 1.807) is 0 Å². The first-order valence-corrected chi connectivity index (χ1v) is 5.66. The molecule has 6 nitrogen and oxygen atoms in total. The van der Waals surface area contributed by atoms with E-state index in [9.17, 15) is 9.18 Å². The van der Waals surface area contributed by atoms with Crippen LogP contribution in [0.2, 0.25) is 0 Å².